The van der Waals surface area contributed by atoms with E-state index < -0.39 is 0 Å². The Kier molecular flexibility index (Phi) is 7.48. The van der Waals surface area contributed by atoms with E-state index in [9.17, 15) is 4.79 Å². The third-order valence-electron chi connectivity index (χ3n) is 4.04. The minimum atomic E-state index is -0.256. The number of hydrogen-bond donors (Lipinski definition) is 2. The summed E-state index contributed by atoms with van der Waals surface area (Å²) in [6.45, 7) is 7.07. The molecule has 5 nitrogen and oxygen atoms in total. The number of ether oxygens (including phenoxy) is 2. The number of aryl methyl sites for hydroxylation is 1. The van der Waals surface area contributed by atoms with Crippen LogP contribution in [0.3, 0.4) is 0 Å². The van der Waals surface area contributed by atoms with Crippen LogP contribution in [0.5, 0.6) is 5.75 Å². The molecule has 2 rings (SSSR count). The Bertz CT molecular complexity index is 702. The van der Waals surface area contributed by atoms with Crippen molar-refractivity contribution in [1.82, 2.24) is 5.32 Å². The average molecular weight is 356 g/mol. The molecule has 0 aliphatic heterocycles. The molecule has 0 saturated heterocycles. The van der Waals surface area contributed by atoms with E-state index in [1.807, 2.05) is 55.5 Å². The van der Waals surface area contributed by atoms with E-state index in [0.29, 0.717) is 24.7 Å². The molecule has 0 heterocycles. The highest BCUT2D eigenvalue weighted by molar-refractivity contribution is 5.91. The van der Waals surface area contributed by atoms with Gasteiger partial charge < -0.3 is 20.1 Å². The first-order valence-electron chi connectivity index (χ1n) is 8.86. The first-order chi connectivity index (χ1) is 12.5. The first kappa shape index (κ1) is 19.8. The summed E-state index contributed by atoms with van der Waals surface area (Å²) >= 11 is 0. The third kappa shape index (κ3) is 5.77. The number of anilines is 1. The van der Waals surface area contributed by atoms with Crippen molar-refractivity contribution >= 4 is 11.7 Å². The van der Waals surface area contributed by atoms with Crippen molar-refractivity contribution in [3.05, 3.63) is 59.7 Å². The quantitative estimate of drug-likeness (QED) is 0.683. The molecule has 2 amide bonds. The van der Waals surface area contributed by atoms with Gasteiger partial charge >= 0.3 is 6.03 Å². The molecular formula is C21H28N2O3. The number of amides is 2. The smallest absolute Gasteiger partial charge is 0.319 e. The standard InChI is InChI=1S/C21H28N2O3/c1-15(2)20(17-8-6-5-7-9-17)23-21(24)22-18-11-10-16(3)14-19(18)26-13-12-25-4/h5-11,14-15,20H,12-13H2,1-4H3,(H2,22,23,24). The second kappa shape index (κ2) is 9.82. The molecule has 0 aromatic heterocycles. The summed E-state index contributed by atoms with van der Waals surface area (Å²) in [7, 11) is 1.63. The van der Waals surface area contributed by atoms with Gasteiger partial charge in [-0.2, -0.15) is 0 Å². The Hall–Kier alpha value is -2.53. The van der Waals surface area contributed by atoms with Gasteiger partial charge in [-0.15, -0.1) is 0 Å². The normalized spacial score (nSPS) is 11.9. The number of nitrogens with one attached hydrogen (secondary N) is 2. The molecular weight excluding hydrogens is 328 g/mol. The molecule has 5 heteroatoms. The van der Waals surface area contributed by atoms with E-state index >= 15 is 0 Å². The summed E-state index contributed by atoms with van der Waals surface area (Å²) < 4.78 is 10.7. The van der Waals surface area contributed by atoms with Crippen LogP contribution in [0.1, 0.15) is 31.0 Å². The lowest BCUT2D eigenvalue weighted by atomic mass is 9.96. The molecule has 0 spiro atoms. The SMILES string of the molecule is COCCOc1cc(C)ccc1NC(=O)NC(c1ccccc1)C(C)C. The maximum absolute atomic E-state index is 12.6. The van der Waals surface area contributed by atoms with E-state index in [1.54, 1.807) is 7.11 Å². The number of benzene rings is 2. The van der Waals surface area contributed by atoms with Crippen LogP contribution in [0, 0.1) is 12.8 Å². The van der Waals surface area contributed by atoms with Crippen molar-refractivity contribution < 1.29 is 14.3 Å². The molecule has 26 heavy (non-hydrogen) atoms. The van der Waals surface area contributed by atoms with Crippen molar-refractivity contribution in [1.29, 1.82) is 0 Å². The zero-order valence-corrected chi connectivity index (χ0v) is 15.9. The molecule has 2 N–H and O–H groups in total. The van der Waals surface area contributed by atoms with Crippen LogP contribution in [-0.4, -0.2) is 26.4 Å². The Morgan fingerprint density at radius 1 is 1.08 bits per heavy atom. The maximum atomic E-state index is 12.6. The Morgan fingerprint density at radius 3 is 2.46 bits per heavy atom. The molecule has 140 valence electrons. The van der Waals surface area contributed by atoms with Gasteiger partial charge in [-0.1, -0.05) is 50.2 Å². The van der Waals surface area contributed by atoms with Gasteiger partial charge in [-0.05, 0) is 36.1 Å². The predicted octanol–water partition coefficient (Wildman–Crippen LogP) is 4.54. The predicted molar refractivity (Wildman–Crippen MR) is 105 cm³/mol. The van der Waals surface area contributed by atoms with Crippen molar-refractivity contribution in [2.24, 2.45) is 5.92 Å². The van der Waals surface area contributed by atoms with Crippen molar-refractivity contribution in [2.45, 2.75) is 26.8 Å². The van der Waals surface area contributed by atoms with E-state index in [-0.39, 0.29) is 18.0 Å². The van der Waals surface area contributed by atoms with Gasteiger partial charge in [0.2, 0.25) is 0 Å². The van der Waals surface area contributed by atoms with Crippen molar-refractivity contribution in [2.75, 3.05) is 25.6 Å². The number of methoxy groups -OCH3 is 1. The fourth-order valence-electron chi connectivity index (χ4n) is 2.68. The molecule has 0 aliphatic carbocycles. The van der Waals surface area contributed by atoms with E-state index in [0.717, 1.165) is 11.1 Å². The van der Waals surface area contributed by atoms with Crippen LogP contribution in [0.2, 0.25) is 0 Å². The highest BCUT2D eigenvalue weighted by Gasteiger charge is 2.19. The molecule has 0 bridgehead atoms. The lowest BCUT2D eigenvalue weighted by Gasteiger charge is -2.23. The summed E-state index contributed by atoms with van der Waals surface area (Å²) in [5.41, 5.74) is 2.78. The topological polar surface area (TPSA) is 59.6 Å². The summed E-state index contributed by atoms with van der Waals surface area (Å²) in [5.74, 6) is 0.900. The van der Waals surface area contributed by atoms with Gasteiger partial charge in [-0.25, -0.2) is 4.79 Å². The Balaban J connectivity index is 2.08. The molecule has 1 atom stereocenters. The summed E-state index contributed by atoms with van der Waals surface area (Å²) in [5, 5.41) is 5.96. The third-order valence-corrected chi connectivity index (χ3v) is 4.04. The van der Waals surface area contributed by atoms with Gasteiger partial charge in [0.1, 0.15) is 12.4 Å². The zero-order chi connectivity index (χ0) is 18.9. The average Bonchev–Trinajstić information content (AvgIpc) is 2.62. The van der Waals surface area contributed by atoms with Crippen molar-refractivity contribution in [3.63, 3.8) is 0 Å². The van der Waals surface area contributed by atoms with Gasteiger partial charge in [0, 0.05) is 7.11 Å². The molecule has 0 radical (unpaired) electrons. The number of hydrogen-bond acceptors (Lipinski definition) is 3. The highest BCUT2D eigenvalue weighted by atomic mass is 16.5. The largest absolute Gasteiger partial charge is 0.489 e. The minimum Gasteiger partial charge on any atom is -0.489 e. The Labute approximate surface area is 155 Å². The van der Waals surface area contributed by atoms with E-state index in [1.165, 1.54) is 0 Å². The summed E-state index contributed by atoms with van der Waals surface area (Å²) in [6, 6.07) is 15.3. The van der Waals surface area contributed by atoms with Gasteiger partial charge in [0.05, 0.1) is 18.3 Å². The number of carbonyl (C=O) groups excluding carboxylic acids is 1. The number of carbonyl (C=O) groups is 1. The van der Waals surface area contributed by atoms with Crippen LogP contribution >= 0.6 is 0 Å². The first-order valence-corrected chi connectivity index (χ1v) is 8.86. The second-order valence-electron chi connectivity index (χ2n) is 6.57. The second-order valence-corrected chi connectivity index (χ2v) is 6.57. The summed E-state index contributed by atoms with van der Waals surface area (Å²) in [4.78, 5) is 12.6. The van der Waals surface area contributed by atoms with Crippen LogP contribution in [0.4, 0.5) is 10.5 Å². The highest BCUT2D eigenvalue weighted by Crippen LogP contribution is 2.26. The molecule has 0 fully saturated rings. The Morgan fingerprint density at radius 2 is 1.81 bits per heavy atom. The van der Waals surface area contributed by atoms with Crippen LogP contribution in [0.25, 0.3) is 0 Å². The molecule has 1 unspecified atom stereocenters. The van der Waals surface area contributed by atoms with Crippen LogP contribution in [-0.2, 0) is 4.74 Å². The molecule has 2 aromatic rings. The van der Waals surface area contributed by atoms with E-state index in [4.69, 9.17) is 9.47 Å². The fraction of sp³-hybridized carbons (Fsp3) is 0.381. The van der Waals surface area contributed by atoms with Crippen LogP contribution in [0.15, 0.2) is 48.5 Å². The van der Waals surface area contributed by atoms with E-state index in [2.05, 4.69) is 24.5 Å². The van der Waals surface area contributed by atoms with Crippen LogP contribution < -0.4 is 15.4 Å². The minimum absolute atomic E-state index is 0.0699. The van der Waals surface area contributed by atoms with Gasteiger partial charge in [-0.3, -0.25) is 0 Å². The zero-order valence-electron chi connectivity index (χ0n) is 15.9. The van der Waals surface area contributed by atoms with Gasteiger partial charge in [0.25, 0.3) is 0 Å². The van der Waals surface area contributed by atoms with Gasteiger partial charge in [0.15, 0.2) is 0 Å². The fourth-order valence-corrected chi connectivity index (χ4v) is 2.68. The lowest BCUT2D eigenvalue weighted by molar-refractivity contribution is 0.146. The molecule has 0 aliphatic rings. The summed E-state index contributed by atoms with van der Waals surface area (Å²) in [6.07, 6.45) is 0. The monoisotopic (exact) mass is 356 g/mol. The van der Waals surface area contributed by atoms with Crippen molar-refractivity contribution in [3.8, 4) is 5.75 Å². The number of rotatable bonds is 8. The molecule has 0 saturated carbocycles. The lowest BCUT2D eigenvalue weighted by Crippen LogP contribution is -2.35. The maximum Gasteiger partial charge on any atom is 0.319 e. The number of urea groups is 1. The molecule has 2 aromatic carbocycles.